The number of nitrogens with one attached hydrogen (secondary N) is 1. The lowest BCUT2D eigenvalue weighted by molar-refractivity contribution is -0.0898. The fourth-order valence-electron chi connectivity index (χ4n) is 3.57. The van der Waals surface area contributed by atoms with Gasteiger partial charge in [0.2, 0.25) is 0 Å². The van der Waals surface area contributed by atoms with E-state index in [1.54, 1.807) is 0 Å². The first-order valence-electron chi connectivity index (χ1n) is 8.09. The number of hydrogen-bond donors (Lipinski definition) is 1. The van der Waals surface area contributed by atoms with E-state index in [0.717, 1.165) is 32.4 Å². The van der Waals surface area contributed by atoms with E-state index in [0.29, 0.717) is 0 Å². The molecule has 1 fully saturated rings. The first-order chi connectivity index (χ1) is 9.75. The van der Waals surface area contributed by atoms with E-state index in [4.69, 9.17) is 4.74 Å². The molecule has 0 saturated heterocycles. The van der Waals surface area contributed by atoms with E-state index in [1.165, 1.54) is 24.8 Å². The van der Waals surface area contributed by atoms with Gasteiger partial charge in [0, 0.05) is 24.9 Å². The van der Waals surface area contributed by atoms with Gasteiger partial charge in [-0.25, -0.2) is 0 Å². The van der Waals surface area contributed by atoms with Crippen LogP contribution in [0.4, 0.5) is 0 Å². The smallest absolute Gasteiger partial charge is 0.0877 e. The average molecular weight is 279 g/mol. The van der Waals surface area contributed by atoms with Gasteiger partial charge in [0.05, 0.1) is 17.8 Å². The van der Waals surface area contributed by atoms with Gasteiger partial charge < -0.3 is 10.1 Å². The highest BCUT2D eigenvalue weighted by Gasteiger charge is 2.41. The van der Waals surface area contributed by atoms with E-state index in [1.807, 2.05) is 17.9 Å². The summed E-state index contributed by atoms with van der Waals surface area (Å²) < 4.78 is 8.29. The molecule has 0 radical (unpaired) electrons. The Balaban J connectivity index is 2.22. The maximum Gasteiger partial charge on any atom is 0.0877 e. The molecule has 4 nitrogen and oxygen atoms in total. The molecule has 1 aromatic rings. The number of aromatic nitrogens is 2. The van der Waals surface area contributed by atoms with Gasteiger partial charge in [0.25, 0.3) is 0 Å². The topological polar surface area (TPSA) is 39.1 Å². The van der Waals surface area contributed by atoms with Crippen LogP contribution in [0, 0.1) is 0 Å². The van der Waals surface area contributed by atoms with E-state index in [9.17, 15) is 0 Å². The largest absolute Gasteiger partial charge is 0.373 e. The first kappa shape index (κ1) is 15.5. The molecule has 1 atom stereocenters. The predicted octanol–water partition coefficient (Wildman–Crippen LogP) is 3.29. The highest BCUT2D eigenvalue weighted by atomic mass is 16.5. The third kappa shape index (κ3) is 3.23. The van der Waals surface area contributed by atoms with Crippen LogP contribution >= 0.6 is 0 Å². The molecule has 1 heterocycles. The summed E-state index contributed by atoms with van der Waals surface area (Å²) >= 11 is 0. The van der Waals surface area contributed by atoms with Crippen LogP contribution in [0.5, 0.6) is 0 Å². The van der Waals surface area contributed by atoms with Gasteiger partial charge in [-0.2, -0.15) is 5.10 Å². The maximum atomic E-state index is 6.25. The molecule has 20 heavy (non-hydrogen) atoms. The van der Waals surface area contributed by atoms with Crippen LogP contribution in [0.1, 0.15) is 64.0 Å². The average Bonchev–Trinajstić information content (AvgIpc) is 2.90. The third-order valence-corrected chi connectivity index (χ3v) is 4.39. The third-order valence-electron chi connectivity index (χ3n) is 4.39. The summed E-state index contributed by atoms with van der Waals surface area (Å²) in [7, 11) is 2.04. The Labute approximate surface area is 122 Å². The molecule has 1 N–H and O–H groups in total. The van der Waals surface area contributed by atoms with Crippen molar-refractivity contribution in [3.05, 3.63) is 18.0 Å². The summed E-state index contributed by atoms with van der Waals surface area (Å²) in [6.45, 7) is 6.04. The monoisotopic (exact) mass is 279 g/mol. The molecule has 0 spiro atoms. The molecule has 1 aromatic heterocycles. The van der Waals surface area contributed by atoms with Gasteiger partial charge in [0.1, 0.15) is 0 Å². The second kappa shape index (κ2) is 7.23. The lowest BCUT2D eigenvalue weighted by atomic mass is 9.77. The van der Waals surface area contributed by atoms with Gasteiger partial charge >= 0.3 is 0 Å². The van der Waals surface area contributed by atoms with E-state index < -0.39 is 0 Å². The van der Waals surface area contributed by atoms with E-state index in [-0.39, 0.29) is 11.6 Å². The molecule has 1 saturated carbocycles. The Bertz CT molecular complexity index is 391. The number of hydrogen-bond acceptors (Lipinski definition) is 3. The Kier molecular flexibility index (Phi) is 5.61. The van der Waals surface area contributed by atoms with Crippen molar-refractivity contribution in [2.24, 2.45) is 0 Å². The lowest BCUT2D eigenvalue weighted by Gasteiger charge is -2.43. The molecule has 0 aliphatic heterocycles. The summed E-state index contributed by atoms with van der Waals surface area (Å²) in [5, 5.41) is 7.97. The fraction of sp³-hybridized carbons (Fsp3) is 0.812. The molecule has 2 rings (SSSR count). The zero-order valence-corrected chi connectivity index (χ0v) is 13.2. The van der Waals surface area contributed by atoms with Crippen molar-refractivity contribution in [3.8, 4) is 0 Å². The molecule has 1 aliphatic carbocycles. The Morgan fingerprint density at radius 2 is 2.10 bits per heavy atom. The highest BCUT2D eigenvalue weighted by molar-refractivity contribution is 5.17. The van der Waals surface area contributed by atoms with Crippen LogP contribution in [0.25, 0.3) is 0 Å². The minimum Gasteiger partial charge on any atom is -0.373 e. The molecule has 4 heteroatoms. The Hall–Kier alpha value is -0.870. The van der Waals surface area contributed by atoms with Crippen molar-refractivity contribution in [1.29, 1.82) is 0 Å². The first-order valence-corrected chi connectivity index (χ1v) is 8.09. The Morgan fingerprint density at radius 3 is 2.70 bits per heavy atom. The van der Waals surface area contributed by atoms with E-state index >= 15 is 0 Å². The molecule has 0 aromatic carbocycles. The molecular weight excluding hydrogens is 250 g/mol. The summed E-state index contributed by atoms with van der Waals surface area (Å²) in [4.78, 5) is 0. The lowest BCUT2D eigenvalue weighted by Crippen LogP contribution is -2.46. The van der Waals surface area contributed by atoms with Crippen LogP contribution < -0.4 is 5.32 Å². The van der Waals surface area contributed by atoms with Crippen LogP contribution in [-0.4, -0.2) is 29.0 Å². The predicted molar refractivity (Wildman–Crippen MR) is 81.8 cm³/mol. The fourth-order valence-corrected chi connectivity index (χ4v) is 3.57. The van der Waals surface area contributed by atoms with Gasteiger partial charge in [-0.15, -0.1) is 0 Å². The van der Waals surface area contributed by atoms with Crippen molar-refractivity contribution in [1.82, 2.24) is 15.1 Å². The minimum absolute atomic E-state index is 0.0537. The number of nitrogens with zero attached hydrogens (tertiary/aromatic N) is 2. The SMILES string of the molecule is CCCn1cc(C(NC)C2(OCC)CCCCC2)cn1. The maximum absolute atomic E-state index is 6.25. The normalized spacial score (nSPS) is 19.9. The Morgan fingerprint density at radius 1 is 1.35 bits per heavy atom. The van der Waals surface area contributed by atoms with Gasteiger partial charge in [-0.1, -0.05) is 26.2 Å². The zero-order valence-electron chi connectivity index (χ0n) is 13.2. The number of aryl methyl sites for hydroxylation is 1. The zero-order chi connectivity index (χ0) is 14.4. The van der Waals surface area contributed by atoms with Crippen LogP contribution in [0.3, 0.4) is 0 Å². The molecule has 0 bridgehead atoms. The minimum atomic E-state index is -0.0537. The second-order valence-corrected chi connectivity index (χ2v) is 5.82. The van der Waals surface area contributed by atoms with Crippen molar-refractivity contribution in [2.75, 3.05) is 13.7 Å². The summed E-state index contributed by atoms with van der Waals surface area (Å²) in [6, 6.07) is 0.244. The van der Waals surface area contributed by atoms with Gasteiger partial charge in [-0.05, 0) is 33.2 Å². The number of rotatable bonds is 7. The van der Waals surface area contributed by atoms with Crippen LogP contribution in [-0.2, 0) is 11.3 Å². The second-order valence-electron chi connectivity index (χ2n) is 5.82. The standard InChI is InChI=1S/C16H29N3O/c1-4-11-19-13-14(12-18-19)15(17-3)16(20-5-2)9-7-6-8-10-16/h12-13,15,17H,4-11H2,1-3H3. The number of likely N-dealkylation sites (N-methyl/N-ethyl adjacent to an activating group) is 1. The van der Waals surface area contributed by atoms with Crippen molar-refractivity contribution >= 4 is 0 Å². The molecule has 0 amide bonds. The van der Waals surface area contributed by atoms with Crippen LogP contribution in [0.15, 0.2) is 12.4 Å². The summed E-state index contributed by atoms with van der Waals surface area (Å²) in [5.41, 5.74) is 1.21. The summed E-state index contributed by atoms with van der Waals surface area (Å²) in [5.74, 6) is 0. The van der Waals surface area contributed by atoms with Gasteiger partial charge in [-0.3, -0.25) is 4.68 Å². The van der Waals surface area contributed by atoms with Crippen molar-refractivity contribution < 1.29 is 4.74 Å². The molecule has 114 valence electrons. The van der Waals surface area contributed by atoms with E-state index in [2.05, 4.69) is 30.5 Å². The molecule has 1 aliphatic rings. The van der Waals surface area contributed by atoms with Crippen molar-refractivity contribution in [2.45, 2.75) is 70.6 Å². The number of ether oxygens (including phenoxy) is 1. The van der Waals surface area contributed by atoms with Gasteiger partial charge in [0.15, 0.2) is 0 Å². The quantitative estimate of drug-likeness (QED) is 0.832. The highest BCUT2D eigenvalue weighted by Crippen LogP contribution is 2.41. The van der Waals surface area contributed by atoms with Crippen LogP contribution in [0.2, 0.25) is 0 Å². The molecule has 1 unspecified atom stereocenters. The summed E-state index contributed by atoms with van der Waals surface area (Å²) in [6.07, 6.45) is 11.5. The van der Waals surface area contributed by atoms with Crippen molar-refractivity contribution in [3.63, 3.8) is 0 Å². The molecular formula is C16H29N3O.